The smallest absolute Gasteiger partial charge is 0.261 e. The zero-order valence-corrected chi connectivity index (χ0v) is 13.0. The van der Waals surface area contributed by atoms with E-state index in [0.717, 1.165) is 36.9 Å². The Morgan fingerprint density at radius 3 is 2.71 bits per heavy atom. The number of nitrogens with two attached hydrogens (primary N) is 1. The minimum Gasteiger partial charge on any atom is -0.454 e. The molecule has 0 radical (unpaired) electrons. The van der Waals surface area contributed by atoms with Crippen LogP contribution in [0.3, 0.4) is 0 Å². The summed E-state index contributed by atoms with van der Waals surface area (Å²) >= 11 is 0. The molecule has 24 heavy (non-hydrogen) atoms. The van der Waals surface area contributed by atoms with Gasteiger partial charge in [0.05, 0.1) is 11.4 Å². The van der Waals surface area contributed by atoms with Gasteiger partial charge < -0.3 is 25.5 Å². The van der Waals surface area contributed by atoms with Crippen molar-refractivity contribution in [2.45, 2.75) is 25.7 Å². The van der Waals surface area contributed by atoms with Crippen molar-refractivity contribution in [2.75, 3.05) is 17.8 Å². The first-order valence-corrected chi connectivity index (χ1v) is 7.87. The molecule has 2 heterocycles. The molecule has 0 unspecified atom stereocenters. The molecule has 0 bridgehead atoms. The van der Waals surface area contributed by atoms with Crippen molar-refractivity contribution in [2.24, 2.45) is 0 Å². The first kappa shape index (κ1) is 14.6. The van der Waals surface area contributed by atoms with Crippen LogP contribution in [0.15, 0.2) is 23.0 Å². The summed E-state index contributed by atoms with van der Waals surface area (Å²) in [6.45, 7) is 0.122. The minimum absolute atomic E-state index is 0.0905. The Labute approximate surface area is 137 Å². The van der Waals surface area contributed by atoms with Crippen LogP contribution in [-0.2, 0) is 12.8 Å². The van der Waals surface area contributed by atoms with E-state index in [1.54, 1.807) is 18.2 Å². The second-order valence-corrected chi connectivity index (χ2v) is 5.97. The number of fused-ring (bicyclic) bond motifs is 2. The summed E-state index contributed by atoms with van der Waals surface area (Å²) in [5.41, 5.74) is 8.35. The maximum Gasteiger partial charge on any atom is 0.261 e. The van der Waals surface area contributed by atoms with Gasteiger partial charge in [-0.1, -0.05) is 0 Å². The van der Waals surface area contributed by atoms with Crippen LogP contribution in [0.2, 0.25) is 0 Å². The highest BCUT2D eigenvalue weighted by Crippen LogP contribution is 2.38. The third-order valence-electron chi connectivity index (χ3n) is 4.38. The number of anilines is 2. The van der Waals surface area contributed by atoms with E-state index >= 15 is 0 Å². The number of carbonyl (C=O) groups excluding carboxylic acids is 1. The maximum absolute atomic E-state index is 12.5. The fraction of sp³-hybridized carbons (Fsp3) is 0.294. The molecule has 0 atom stereocenters. The fourth-order valence-electron chi connectivity index (χ4n) is 3.10. The van der Waals surface area contributed by atoms with Crippen molar-refractivity contribution in [3.63, 3.8) is 0 Å². The summed E-state index contributed by atoms with van der Waals surface area (Å²) in [6, 6.07) is 4.88. The molecule has 1 aliphatic heterocycles. The zero-order chi connectivity index (χ0) is 16.7. The Balaban J connectivity index is 1.64. The molecular formula is C17H17N3O4. The number of hydrogen-bond donors (Lipinski definition) is 3. The number of nitrogen functional groups attached to an aromatic ring is 1. The van der Waals surface area contributed by atoms with Crippen molar-refractivity contribution in [3.05, 3.63) is 45.4 Å². The number of aryl methyl sites for hydroxylation is 2. The van der Waals surface area contributed by atoms with Crippen molar-refractivity contribution in [1.82, 2.24) is 4.98 Å². The Morgan fingerprint density at radius 1 is 1.12 bits per heavy atom. The van der Waals surface area contributed by atoms with E-state index in [-0.39, 0.29) is 17.9 Å². The summed E-state index contributed by atoms with van der Waals surface area (Å²) in [5, 5.41) is 2.68. The predicted molar refractivity (Wildman–Crippen MR) is 88.6 cm³/mol. The molecule has 1 amide bonds. The molecule has 7 heteroatoms. The Kier molecular flexibility index (Phi) is 3.41. The normalized spacial score (nSPS) is 15.0. The number of hydrogen-bond acceptors (Lipinski definition) is 5. The van der Waals surface area contributed by atoms with E-state index < -0.39 is 5.91 Å². The third-order valence-corrected chi connectivity index (χ3v) is 4.38. The molecule has 1 aromatic heterocycles. The molecule has 1 aliphatic carbocycles. The van der Waals surface area contributed by atoms with Gasteiger partial charge in [-0.15, -0.1) is 0 Å². The number of rotatable bonds is 2. The molecule has 7 nitrogen and oxygen atoms in total. The predicted octanol–water partition coefficient (Wildman–Crippen LogP) is 1.82. The lowest BCUT2D eigenvalue weighted by Gasteiger charge is -2.16. The molecule has 0 spiro atoms. The largest absolute Gasteiger partial charge is 0.454 e. The summed E-state index contributed by atoms with van der Waals surface area (Å²) in [7, 11) is 0. The molecule has 0 fully saturated rings. The van der Waals surface area contributed by atoms with Crippen LogP contribution in [0, 0.1) is 0 Å². The highest BCUT2D eigenvalue weighted by Gasteiger charge is 2.20. The monoisotopic (exact) mass is 327 g/mol. The van der Waals surface area contributed by atoms with Crippen molar-refractivity contribution in [3.8, 4) is 11.5 Å². The quantitative estimate of drug-likeness (QED) is 0.729. The first-order chi connectivity index (χ1) is 11.6. The SMILES string of the molecule is Nc1cc2c(cc1NC(=O)c1cc3c([nH]c1=O)CCCC3)OCO2. The van der Waals surface area contributed by atoms with Crippen LogP contribution >= 0.6 is 0 Å². The number of nitrogens with one attached hydrogen (secondary N) is 2. The lowest BCUT2D eigenvalue weighted by molar-refractivity contribution is 0.102. The van der Waals surface area contributed by atoms with E-state index in [2.05, 4.69) is 10.3 Å². The van der Waals surface area contributed by atoms with Gasteiger partial charge in [-0.2, -0.15) is 0 Å². The van der Waals surface area contributed by atoms with Crippen molar-refractivity contribution in [1.29, 1.82) is 0 Å². The van der Waals surface area contributed by atoms with Gasteiger partial charge in [0.25, 0.3) is 11.5 Å². The van der Waals surface area contributed by atoms with Crippen LogP contribution in [0.1, 0.15) is 34.5 Å². The molecule has 2 aliphatic rings. The Morgan fingerprint density at radius 2 is 1.88 bits per heavy atom. The number of ether oxygens (including phenoxy) is 2. The third kappa shape index (κ3) is 2.47. The number of carbonyl (C=O) groups is 1. The first-order valence-electron chi connectivity index (χ1n) is 7.87. The Hall–Kier alpha value is -2.96. The van der Waals surface area contributed by atoms with Gasteiger partial charge in [0, 0.05) is 17.8 Å². The van der Waals surface area contributed by atoms with Crippen molar-refractivity contribution < 1.29 is 14.3 Å². The van der Waals surface area contributed by atoms with Gasteiger partial charge in [0.15, 0.2) is 11.5 Å². The van der Waals surface area contributed by atoms with Crippen LogP contribution < -0.4 is 26.1 Å². The van der Waals surface area contributed by atoms with Gasteiger partial charge in [-0.05, 0) is 37.3 Å². The number of pyridine rings is 1. The van der Waals surface area contributed by atoms with Gasteiger partial charge in [0.1, 0.15) is 5.56 Å². The van der Waals surface area contributed by atoms with Crippen LogP contribution in [-0.4, -0.2) is 17.7 Å². The topological polar surface area (TPSA) is 106 Å². The maximum atomic E-state index is 12.5. The van der Waals surface area contributed by atoms with Gasteiger partial charge in [0.2, 0.25) is 6.79 Å². The van der Waals surface area contributed by atoms with Gasteiger partial charge in [-0.3, -0.25) is 9.59 Å². The molecule has 0 saturated carbocycles. The number of amides is 1. The standard InChI is InChI=1S/C17H17N3O4/c18-11-6-14-15(24-8-23-14)7-13(11)20-17(22)10-5-9-3-1-2-4-12(9)19-16(10)21/h5-7H,1-4,8,18H2,(H,19,21)(H,20,22). The number of aromatic amines is 1. The molecule has 0 saturated heterocycles. The molecular weight excluding hydrogens is 310 g/mol. The lowest BCUT2D eigenvalue weighted by atomic mass is 9.95. The van der Waals surface area contributed by atoms with E-state index in [9.17, 15) is 9.59 Å². The summed E-state index contributed by atoms with van der Waals surface area (Å²) in [6.07, 6.45) is 3.84. The highest BCUT2D eigenvalue weighted by atomic mass is 16.7. The van der Waals surface area contributed by atoms with Crippen LogP contribution in [0.25, 0.3) is 0 Å². The zero-order valence-electron chi connectivity index (χ0n) is 13.0. The average Bonchev–Trinajstić information content (AvgIpc) is 3.01. The second kappa shape index (κ2) is 5.59. The summed E-state index contributed by atoms with van der Waals surface area (Å²) in [4.78, 5) is 27.5. The summed E-state index contributed by atoms with van der Waals surface area (Å²) < 4.78 is 10.5. The molecule has 4 N–H and O–H groups in total. The molecule has 124 valence electrons. The minimum atomic E-state index is -0.491. The van der Waals surface area contributed by atoms with Crippen molar-refractivity contribution >= 4 is 17.3 Å². The number of H-pyrrole nitrogens is 1. The highest BCUT2D eigenvalue weighted by molar-refractivity contribution is 6.06. The Bertz CT molecular complexity index is 888. The lowest BCUT2D eigenvalue weighted by Crippen LogP contribution is -2.26. The van der Waals surface area contributed by atoms with Gasteiger partial charge in [-0.25, -0.2) is 0 Å². The molecule has 1 aromatic carbocycles. The summed E-state index contributed by atoms with van der Waals surface area (Å²) in [5.74, 6) is 0.561. The van der Waals surface area contributed by atoms with E-state index in [1.807, 2.05) is 0 Å². The van der Waals surface area contributed by atoms with Crippen LogP contribution in [0.5, 0.6) is 11.5 Å². The molecule has 2 aromatic rings. The van der Waals surface area contributed by atoms with Gasteiger partial charge >= 0.3 is 0 Å². The fourth-order valence-corrected chi connectivity index (χ4v) is 3.10. The average molecular weight is 327 g/mol. The van der Waals surface area contributed by atoms with E-state index in [1.165, 1.54) is 0 Å². The number of benzene rings is 1. The molecule has 4 rings (SSSR count). The van der Waals surface area contributed by atoms with E-state index in [4.69, 9.17) is 15.2 Å². The second-order valence-electron chi connectivity index (χ2n) is 5.97. The number of aromatic nitrogens is 1. The van der Waals surface area contributed by atoms with E-state index in [0.29, 0.717) is 22.9 Å². The van der Waals surface area contributed by atoms with Crippen LogP contribution in [0.4, 0.5) is 11.4 Å².